The van der Waals surface area contributed by atoms with Gasteiger partial charge in [0.25, 0.3) is 0 Å². The number of hydrogen-bond acceptors (Lipinski definition) is 1. The predicted molar refractivity (Wildman–Crippen MR) is 79.8 cm³/mol. The fourth-order valence-electron chi connectivity index (χ4n) is 2.26. The van der Waals surface area contributed by atoms with Crippen molar-refractivity contribution >= 4 is 10.8 Å². The van der Waals surface area contributed by atoms with Gasteiger partial charge in [-0.1, -0.05) is 62.7 Å². The molecule has 0 aromatic heterocycles. The first-order valence-electron chi connectivity index (χ1n) is 6.93. The first kappa shape index (κ1) is 13.1. The Morgan fingerprint density at radius 1 is 1.00 bits per heavy atom. The van der Waals surface area contributed by atoms with Gasteiger partial charge in [0.2, 0.25) is 0 Å². The summed E-state index contributed by atoms with van der Waals surface area (Å²) in [5.41, 5.74) is 1.40. The predicted octanol–water partition coefficient (Wildman–Crippen LogP) is 4.54. The molecule has 96 valence electrons. The first-order chi connectivity index (χ1) is 8.72. The third-order valence-electron chi connectivity index (χ3n) is 3.76. The lowest BCUT2D eigenvalue weighted by molar-refractivity contribution is 0.462. The third kappa shape index (κ3) is 2.91. The van der Waals surface area contributed by atoms with E-state index in [1.54, 1.807) is 0 Å². The molecule has 2 aromatic carbocycles. The maximum absolute atomic E-state index is 3.64. The van der Waals surface area contributed by atoms with Crippen molar-refractivity contribution in [3.63, 3.8) is 0 Å². The van der Waals surface area contributed by atoms with Crippen LogP contribution in [0.3, 0.4) is 0 Å². The molecule has 1 N–H and O–H groups in total. The molecule has 0 radical (unpaired) electrons. The fraction of sp³-hybridized carbons (Fsp3) is 0.412. The van der Waals surface area contributed by atoms with Crippen LogP contribution in [0.2, 0.25) is 0 Å². The Labute approximate surface area is 110 Å². The van der Waals surface area contributed by atoms with E-state index in [1.807, 2.05) is 0 Å². The summed E-state index contributed by atoms with van der Waals surface area (Å²) in [6, 6.07) is 15.6. The maximum Gasteiger partial charge on any atom is 0.0298 e. The van der Waals surface area contributed by atoms with Crippen LogP contribution < -0.4 is 5.32 Å². The quantitative estimate of drug-likeness (QED) is 0.810. The normalized spacial score (nSPS) is 14.6. The van der Waals surface area contributed by atoms with E-state index >= 15 is 0 Å². The van der Waals surface area contributed by atoms with Gasteiger partial charge in [-0.3, -0.25) is 0 Å². The van der Waals surface area contributed by atoms with E-state index in [1.165, 1.54) is 22.8 Å². The minimum absolute atomic E-state index is 0.408. The van der Waals surface area contributed by atoms with Crippen molar-refractivity contribution in [2.24, 2.45) is 5.92 Å². The molecule has 0 aliphatic heterocycles. The van der Waals surface area contributed by atoms with E-state index < -0.39 is 0 Å². The Kier molecular flexibility index (Phi) is 4.38. The molecule has 0 bridgehead atoms. The van der Waals surface area contributed by atoms with Gasteiger partial charge >= 0.3 is 0 Å². The molecule has 18 heavy (non-hydrogen) atoms. The van der Waals surface area contributed by atoms with Crippen molar-refractivity contribution in [3.05, 3.63) is 48.0 Å². The Bertz CT molecular complexity index is 498. The lowest BCUT2D eigenvalue weighted by Crippen LogP contribution is -2.24. The van der Waals surface area contributed by atoms with Crippen LogP contribution in [0, 0.1) is 5.92 Å². The van der Waals surface area contributed by atoms with E-state index in [9.17, 15) is 0 Å². The Morgan fingerprint density at radius 2 is 1.72 bits per heavy atom. The molecule has 2 atom stereocenters. The standard InChI is InChI=1S/C17H23N/c1-4-13(2)12-18-14(3)16-11-7-9-15-8-5-6-10-17(15)16/h5-11,13-14,18H,4,12H2,1-3H3/t13-,14-/m1/s1. The van der Waals surface area contributed by atoms with Crippen molar-refractivity contribution in [1.82, 2.24) is 5.32 Å². The second-order valence-electron chi connectivity index (χ2n) is 5.21. The van der Waals surface area contributed by atoms with E-state index in [0.29, 0.717) is 6.04 Å². The summed E-state index contributed by atoms with van der Waals surface area (Å²) < 4.78 is 0. The Balaban J connectivity index is 2.19. The zero-order valence-electron chi connectivity index (χ0n) is 11.6. The van der Waals surface area contributed by atoms with Crippen LogP contribution in [0.1, 0.15) is 38.8 Å². The van der Waals surface area contributed by atoms with Gasteiger partial charge in [0.1, 0.15) is 0 Å². The Hall–Kier alpha value is -1.34. The third-order valence-corrected chi connectivity index (χ3v) is 3.76. The topological polar surface area (TPSA) is 12.0 Å². The lowest BCUT2D eigenvalue weighted by atomic mass is 9.99. The summed E-state index contributed by atoms with van der Waals surface area (Å²) in [6.45, 7) is 7.88. The molecule has 2 rings (SSSR count). The highest BCUT2D eigenvalue weighted by Crippen LogP contribution is 2.24. The van der Waals surface area contributed by atoms with E-state index in [-0.39, 0.29) is 0 Å². The van der Waals surface area contributed by atoms with Gasteiger partial charge in [-0.25, -0.2) is 0 Å². The first-order valence-corrected chi connectivity index (χ1v) is 6.93. The molecule has 0 saturated heterocycles. The number of fused-ring (bicyclic) bond motifs is 1. The molecule has 2 aromatic rings. The van der Waals surface area contributed by atoms with Crippen molar-refractivity contribution in [2.75, 3.05) is 6.54 Å². The highest BCUT2D eigenvalue weighted by atomic mass is 14.9. The average Bonchev–Trinajstić information content (AvgIpc) is 2.43. The van der Waals surface area contributed by atoms with Gasteiger partial charge in [0.15, 0.2) is 0 Å². The summed E-state index contributed by atoms with van der Waals surface area (Å²) in [4.78, 5) is 0. The summed E-state index contributed by atoms with van der Waals surface area (Å²) >= 11 is 0. The number of benzene rings is 2. The van der Waals surface area contributed by atoms with Crippen molar-refractivity contribution in [1.29, 1.82) is 0 Å². The molecular weight excluding hydrogens is 218 g/mol. The van der Waals surface area contributed by atoms with Gasteiger partial charge < -0.3 is 5.32 Å². The van der Waals surface area contributed by atoms with Crippen LogP contribution in [-0.4, -0.2) is 6.54 Å². The molecule has 1 heteroatoms. The molecule has 0 aliphatic carbocycles. The second kappa shape index (κ2) is 6.01. The summed E-state index contributed by atoms with van der Waals surface area (Å²) in [6.07, 6.45) is 1.23. The smallest absolute Gasteiger partial charge is 0.0298 e. The van der Waals surface area contributed by atoms with Gasteiger partial charge in [0.05, 0.1) is 0 Å². The number of rotatable bonds is 5. The zero-order chi connectivity index (χ0) is 13.0. The Morgan fingerprint density at radius 3 is 2.50 bits per heavy atom. The van der Waals surface area contributed by atoms with Crippen LogP contribution in [0.15, 0.2) is 42.5 Å². The molecule has 0 heterocycles. The fourth-order valence-corrected chi connectivity index (χ4v) is 2.26. The zero-order valence-corrected chi connectivity index (χ0v) is 11.6. The summed E-state index contributed by atoms with van der Waals surface area (Å²) in [5, 5.41) is 6.33. The molecule has 0 spiro atoms. The van der Waals surface area contributed by atoms with Crippen LogP contribution in [0.5, 0.6) is 0 Å². The minimum Gasteiger partial charge on any atom is -0.310 e. The van der Waals surface area contributed by atoms with Crippen LogP contribution in [0.4, 0.5) is 0 Å². The molecule has 0 saturated carbocycles. The summed E-state index contributed by atoms with van der Waals surface area (Å²) in [7, 11) is 0. The maximum atomic E-state index is 3.64. The molecule has 0 amide bonds. The van der Waals surface area contributed by atoms with Gasteiger partial charge in [0, 0.05) is 6.04 Å². The minimum atomic E-state index is 0.408. The van der Waals surface area contributed by atoms with Gasteiger partial charge in [-0.2, -0.15) is 0 Å². The monoisotopic (exact) mass is 241 g/mol. The highest BCUT2D eigenvalue weighted by Gasteiger charge is 2.09. The second-order valence-corrected chi connectivity index (χ2v) is 5.21. The van der Waals surface area contributed by atoms with E-state index in [2.05, 4.69) is 68.6 Å². The van der Waals surface area contributed by atoms with Crippen molar-refractivity contribution in [2.45, 2.75) is 33.2 Å². The molecule has 0 fully saturated rings. The molecular formula is C17H23N. The van der Waals surface area contributed by atoms with Gasteiger partial charge in [-0.15, -0.1) is 0 Å². The van der Waals surface area contributed by atoms with Crippen molar-refractivity contribution in [3.8, 4) is 0 Å². The number of hydrogen-bond donors (Lipinski definition) is 1. The van der Waals surface area contributed by atoms with Crippen LogP contribution in [-0.2, 0) is 0 Å². The molecule has 1 nitrogen and oxygen atoms in total. The lowest BCUT2D eigenvalue weighted by Gasteiger charge is -2.19. The number of nitrogens with one attached hydrogen (secondary N) is 1. The average molecular weight is 241 g/mol. The van der Waals surface area contributed by atoms with E-state index in [4.69, 9.17) is 0 Å². The largest absolute Gasteiger partial charge is 0.310 e. The van der Waals surface area contributed by atoms with Crippen molar-refractivity contribution < 1.29 is 0 Å². The van der Waals surface area contributed by atoms with Crippen LogP contribution >= 0.6 is 0 Å². The SMILES string of the molecule is CC[C@@H](C)CN[C@H](C)c1cccc2ccccc12. The van der Waals surface area contributed by atoms with Gasteiger partial charge in [-0.05, 0) is 35.7 Å². The molecule has 0 unspecified atom stereocenters. The van der Waals surface area contributed by atoms with E-state index in [0.717, 1.165) is 12.5 Å². The molecule has 0 aliphatic rings. The highest BCUT2D eigenvalue weighted by molar-refractivity contribution is 5.86. The van der Waals surface area contributed by atoms with Crippen LogP contribution in [0.25, 0.3) is 10.8 Å². The summed E-state index contributed by atoms with van der Waals surface area (Å²) in [5.74, 6) is 0.738.